The summed E-state index contributed by atoms with van der Waals surface area (Å²) in [5.41, 5.74) is 1.80. The van der Waals surface area contributed by atoms with Crippen molar-refractivity contribution >= 4 is 29.5 Å². The Balaban J connectivity index is 2.60. The fraction of sp³-hybridized carbons (Fsp3) is 0. The van der Waals surface area contributed by atoms with Crippen LogP contribution in [0.5, 0.6) is 0 Å². The summed E-state index contributed by atoms with van der Waals surface area (Å²) in [7, 11) is 0. The van der Waals surface area contributed by atoms with E-state index in [4.69, 9.17) is 5.11 Å². The number of aldehydes is 1. The maximum atomic E-state index is 11.4. The molecule has 0 aliphatic carbocycles. The van der Waals surface area contributed by atoms with E-state index in [9.17, 15) is 14.4 Å². The van der Waals surface area contributed by atoms with Gasteiger partial charge in [-0.05, 0) is 36.4 Å². The van der Waals surface area contributed by atoms with Crippen molar-refractivity contribution in [2.45, 2.75) is 0 Å². The Morgan fingerprint density at radius 3 is 2.10 bits per heavy atom. The number of amides is 1. The number of aliphatic carboxylic acids is 1. The fourth-order valence-corrected chi connectivity index (χ4v) is 1.35. The summed E-state index contributed by atoms with van der Waals surface area (Å²) in [6, 6.07) is 6.70. The molecule has 108 valence electrons. The highest BCUT2D eigenvalue weighted by atomic mass is 16.4. The van der Waals surface area contributed by atoms with Crippen LogP contribution < -0.4 is 10.6 Å². The number of carboxylic acids is 1. The minimum atomic E-state index is -1.19. The highest BCUT2D eigenvalue weighted by Crippen LogP contribution is 2.15. The Hall–Kier alpha value is -3.15. The van der Waals surface area contributed by atoms with Gasteiger partial charge in [0.25, 0.3) is 0 Å². The first-order chi connectivity index (χ1) is 10.0. The summed E-state index contributed by atoms with van der Waals surface area (Å²) in [4.78, 5) is 31.8. The molecule has 0 radical (unpaired) electrons. The van der Waals surface area contributed by atoms with E-state index < -0.39 is 11.9 Å². The molecule has 3 N–H and O–H groups in total. The van der Waals surface area contributed by atoms with Crippen LogP contribution in [0, 0.1) is 0 Å². The average molecular weight is 286 g/mol. The van der Waals surface area contributed by atoms with Crippen LogP contribution >= 0.6 is 0 Å². The lowest BCUT2D eigenvalue weighted by Crippen LogP contribution is -2.08. The average Bonchev–Trinajstić information content (AvgIpc) is 2.45. The molecule has 6 heteroatoms. The van der Waals surface area contributed by atoms with Crippen molar-refractivity contribution in [3.05, 3.63) is 60.8 Å². The summed E-state index contributed by atoms with van der Waals surface area (Å²) in [5.74, 6) is -1.72. The lowest BCUT2D eigenvalue weighted by atomic mass is 10.2. The predicted molar refractivity (Wildman–Crippen MR) is 79.8 cm³/mol. The van der Waals surface area contributed by atoms with Crippen LogP contribution in [0.4, 0.5) is 11.4 Å². The Bertz CT molecular complexity index is 601. The zero-order valence-electron chi connectivity index (χ0n) is 11.1. The van der Waals surface area contributed by atoms with Gasteiger partial charge in [0.1, 0.15) is 6.29 Å². The van der Waals surface area contributed by atoms with Crippen LogP contribution in [0.15, 0.2) is 60.8 Å². The van der Waals surface area contributed by atoms with E-state index in [1.165, 1.54) is 12.2 Å². The molecule has 0 aromatic heterocycles. The minimum Gasteiger partial charge on any atom is -0.478 e. The van der Waals surface area contributed by atoms with Gasteiger partial charge in [0.05, 0.1) is 0 Å². The Labute approximate surface area is 121 Å². The number of anilines is 2. The van der Waals surface area contributed by atoms with Gasteiger partial charge in [0, 0.05) is 29.2 Å². The normalized spacial score (nSPS) is 10.5. The molecule has 0 atom stereocenters. The van der Waals surface area contributed by atoms with E-state index in [1.54, 1.807) is 24.3 Å². The molecule has 0 unspecified atom stereocenters. The van der Waals surface area contributed by atoms with Gasteiger partial charge in [0.2, 0.25) is 5.91 Å². The topological polar surface area (TPSA) is 95.5 Å². The Morgan fingerprint density at radius 2 is 1.57 bits per heavy atom. The molecule has 1 rings (SSSR count). The number of rotatable bonds is 7. The van der Waals surface area contributed by atoms with Crippen molar-refractivity contribution in [3.8, 4) is 0 Å². The summed E-state index contributed by atoms with van der Waals surface area (Å²) < 4.78 is 0. The van der Waals surface area contributed by atoms with Crippen molar-refractivity contribution in [2.24, 2.45) is 0 Å². The second-order valence-electron chi connectivity index (χ2n) is 3.88. The second-order valence-corrected chi connectivity index (χ2v) is 3.88. The third kappa shape index (κ3) is 6.53. The maximum absolute atomic E-state index is 11.4. The molecule has 0 saturated carbocycles. The number of hydrogen-bond acceptors (Lipinski definition) is 4. The molecule has 1 amide bonds. The van der Waals surface area contributed by atoms with Gasteiger partial charge >= 0.3 is 5.97 Å². The second kappa shape index (κ2) is 8.11. The largest absolute Gasteiger partial charge is 0.478 e. The SMILES string of the molecule is C=C(/C=C\C=O)Nc1ccc(NC(=O)/C=C\C(=O)O)cc1. The Morgan fingerprint density at radius 1 is 1.00 bits per heavy atom. The van der Waals surface area contributed by atoms with Crippen molar-refractivity contribution in [1.82, 2.24) is 0 Å². The minimum absolute atomic E-state index is 0.523. The fourth-order valence-electron chi connectivity index (χ4n) is 1.35. The predicted octanol–water partition coefficient (Wildman–Crippen LogP) is 1.95. The quantitative estimate of drug-likeness (QED) is 0.404. The van der Waals surface area contributed by atoms with Crippen LogP contribution in [-0.2, 0) is 14.4 Å². The molecule has 0 aliphatic rings. The smallest absolute Gasteiger partial charge is 0.328 e. The van der Waals surface area contributed by atoms with Crippen molar-refractivity contribution in [3.63, 3.8) is 0 Å². The Kier molecular flexibility index (Phi) is 6.14. The van der Waals surface area contributed by atoms with Gasteiger partial charge in [0.15, 0.2) is 0 Å². The van der Waals surface area contributed by atoms with Crippen LogP contribution in [0.2, 0.25) is 0 Å². The van der Waals surface area contributed by atoms with Gasteiger partial charge in [-0.1, -0.05) is 6.58 Å². The molecule has 0 fully saturated rings. The van der Waals surface area contributed by atoms with Gasteiger partial charge in [-0.3, -0.25) is 9.59 Å². The van der Waals surface area contributed by atoms with Crippen LogP contribution in [-0.4, -0.2) is 23.3 Å². The highest BCUT2D eigenvalue weighted by molar-refractivity contribution is 6.02. The zero-order valence-corrected chi connectivity index (χ0v) is 11.1. The highest BCUT2D eigenvalue weighted by Gasteiger charge is 1.99. The van der Waals surface area contributed by atoms with Gasteiger partial charge in [-0.15, -0.1) is 0 Å². The molecular weight excluding hydrogens is 272 g/mol. The number of carbonyl (C=O) groups excluding carboxylic acids is 2. The van der Waals surface area contributed by atoms with Crippen LogP contribution in [0.1, 0.15) is 0 Å². The third-order valence-electron chi connectivity index (χ3n) is 2.21. The van der Waals surface area contributed by atoms with Gasteiger partial charge < -0.3 is 15.7 Å². The number of carboxylic acid groups (broad SMARTS) is 1. The lowest BCUT2D eigenvalue weighted by Gasteiger charge is -2.07. The maximum Gasteiger partial charge on any atom is 0.328 e. The van der Waals surface area contributed by atoms with Gasteiger partial charge in [-0.25, -0.2) is 4.79 Å². The van der Waals surface area contributed by atoms with E-state index in [-0.39, 0.29) is 0 Å². The van der Waals surface area contributed by atoms with Crippen molar-refractivity contribution in [2.75, 3.05) is 10.6 Å². The molecule has 0 spiro atoms. The van der Waals surface area contributed by atoms with Crippen LogP contribution in [0.25, 0.3) is 0 Å². The van der Waals surface area contributed by atoms with E-state index in [0.717, 1.165) is 17.8 Å². The molecule has 0 heterocycles. The summed E-state index contributed by atoms with van der Waals surface area (Å²) in [6.45, 7) is 3.71. The molecule has 0 aliphatic heterocycles. The monoisotopic (exact) mass is 286 g/mol. The molecule has 21 heavy (non-hydrogen) atoms. The molecule has 0 bridgehead atoms. The summed E-state index contributed by atoms with van der Waals surface area (Å²) in [5, 5.41) is 13.9. The van der Waals surface area contributed by atoms with E-state index in [0.29, 0.717) is 17.7 Å². The number of hydrogen-bond donors (Lipinski definition) is 3. The van der Waals surface area contributed by atoms with Gasteiger partial charge in [-0.2, -0.15) is 0 Å². The molecule has 0 saturated heterocycles. The molecule has 1 aromatic rings. The molecule has 6 nitrogen and oxygen atoms in total. The first-order valence-electron chi connectivity index (χ1n) is 5.91. The first-order valence-corrected chi connectivity index (χ1v) is 5.91. The number of nitrogens with one attached hydrogen (secondary N) is 2. The van der Waals surface area contributed by atoms with Crippen molar-refractivity contribution in [1.29, 1.82) is 0 Å². The number of allylic oxidation sites excluding steroid dienone is 2. The standard InChI is InChI=1S/C15H14N2O4/c1-11(3-2-10-18)16-12-4-6-13(7-5-12)17-14(19)8-9-15(20)21/h2-10,16H,1H2,(H,17,19)(H,20,21)/b3-2-,9-8-. The third-order valence-corrected chi connectivity index (χ3v) is 2.21. The van der Waals surface area contributed by atoms with E-state index in [1.807, 2.05) is 0 Å². The number of benzene rings is 1. The summed E-state index contributed by atoms with van der Waals surface area (Å²) in [6.07, 6.45) is 5.18. The van der Waals surface area contributed by atoms with Crippen LogP contribution in [0.3, 0.4) is 0 Å². The summed E-state index contributed by atoms with van der Waals surface area (Å²) >= 11 is 0. The zero-order chi connectivity index (χ0) is 15.7. The molecular formula is C15H14N2O4. The van der Waals surface area contributed by atoms with E-state index >= 15 is 0 Å². The first kappa shape index (κ1) is 15.9. The number of carbonyl (C=O) groups is 3. The lowest BCUT2D eigenvalue weighted by molar-refractivity contribution is -0.131. The van der Waals surface area contributed by atoms with Crippen molar-refractivity contribution < 1.29 is 19.5 Å². The molecule has 1 aromatic carbocycles. The van der Waals surface area contributed by atoms with E-state index in [2.05, 4.69) is 17.2 Å².